The summed E-state index contributed by atoms with van der Waals surface area (Å²) in [6.45, 7) is 4.51. The maximum atomic E-state index is 5.52. The molecule has 77 valence electrons. The minimum atomic E-state index is 0.565. The minimum absolute atomic E-state index is 0.565. The van der Waals surface area contributed by atoms with E-state index in [1.165, 1.54) is 74.3 Å². The van der Waals surface area contributed by atoms with Gasteiger partial charge in [0.25, 0.3) is 0 Å². The van der Waals surface area contributed by atoms with Gasteiger partial charge in [0.2, 0.25) is 0 Å². The Balaban J connectivity index is 3.25. The number of rotatable bonds is 9. The molecule has 1 unspecified atom stereocenters. The van der Waals surface area contributed by atoms with Crippen molar-refractivity contribution in [1.82, 2.24) is 0 Å². The van der Waals surface area contributed by atoms with Crippen LogP contribution in [-0.2, 0) is 3.07 Å². The van der Waals surface area contributed by atoms with Crippen molar-refractivity contribution in [2.45, 2.75) is 71.3 Å². The van der Waals surface area contributed by atoms with Crippen molar-refractivity contribution in [3.63, 3.8) is 0 Å². The molecule has 0 aliphatic carbocycles. The standard InChI is InChI=1S/C11H23O.Sn/c1-3-5-7-8-10-11(12)9-6-4-2;/h11H,3-10H2,1-2H3;/q-1;+1. The molecule has 0 spiro atoms. The topological polar surface area (TPSA) is 9.23 Å². The molecule has 0 aliphatic rings. The van der Waals surface area contributed by atoms with E-state index >= 15 is 0 Å². The summed E-state index contributed by atoms with van der Waals surface area (Å²) in [4.78, 5) is 0. The average molecular weight is 290 g/mol. The van der Waals surface area contributed by atoms with Gasteiger partial charge in [0.1, 0.15) is 0 Å². The number of hydrogen-bond acceptors (Lipinski definition) is 1. The Morgan fingerprint density at radius 3 is 2.08 bits per heavy atom. The van der Waals surface area contributed by atoms with Crippen molar-refractivity contribution in [2.75, 3.05) is 0 Å². The molecule has 0 saturated carbocycles. The number of unbranched alkanes of at least 4 members (excludes halogenated alkanes) is 4. The van der Waals surface area contributed by atoms with E-state index in [0.29, 0.717) is 6.10 Å². The zero-order chi connectivity index (χ0) is 9.94. The second kappa shape index (κ2) is 10.8. The van der Waals surface area contributed by atoms with Gasteiger partial charge < -0.3 is 0 Å². The second-order valence-electron chi connectivity index (χ2n) is 3.73. The molecule has 0 rings (SSSR count). The Morgan fingerprint density at radius 2 is 1.54 bits per heavy atom. The molecular formula is C11H23OSn. The molecule has 0 N–H and O–H groups in total. The second-order valence-corrected chi connectivity index (χ2v) is 4.40. The summed E-state index contributed by atoms with van der Waals surface area (Å²) in [6.07, 6.45) is 11.2. The van der Waals surface area contributed by atoms with Gasteiger partial charge in [-0.05, 0) is 0 Å². The summed E-state index contributed by atoms with van der Waals surface area (Å²) in [5.74, 6) is 0. The van der Waals surface area contributed by atoms with E-state index in [2.05, 4.69) is 13.8 Å². The predicted molar refractivity (Wildman–Crippen MR) is 58.9 cm³/mol. The van der Waals surface area contributed by atoms with E-state index in [1.807, 2.05) is 0 Å². The molecule has 0 heterocycles. The zero-order valence-electron chi connectivity index (χ0n) is 9.14. The summed E-state index contributed by atoms with van der Waals surface area (Å²) in [5, 5.41) is 0. The van der Waals surface area contributed by atoms with Gasteiger partial charge in [0.05, 0.1) is 0 Å². The van der Waals surface area contributed by atoms with Crippen molar-refractivity contribution in [1.29, 1.82) is 0 Å². The van der Waals surface area contributed by atoms with Crippen LogP contribution in [0, 0.1) is 0 Å². The van der Waals surface area contributed by atoms with Crippen LogP contribution in [0.1, 0.15) is 65.2 Å². The first-order valence-electron chi connectivity index (χ1n) is 5.67. The third-order valence-corrected chi connectivity index (χ3v) is 3.38. The molecule has 1 nitrogen and oxygen atoms in total. The average Bonchev–Trinajstić information content (AvgIpc) is 2.17. The van der Waals surface area contributed by atoms with Gasteiger partial charge in [-0.3, -0.25) is 0 Å². The van der Waals surface area contributed by atoms with Gasteiger partial charge in [0.15, 0.2) is 0 Å². The summed E-state index contributed by atoms with van der Waals surface area (Å²) in [5.41, 5.74) is 0. The molecule has 0 aromatic rings. The third kappa shape index (κ3) is 9.07. The van der Waals surface area contributed by atoms with E-state index in [0.717, 1.165) is 0 Å². The molecule has 0 fully saturated rings. The first-order valence-corrected chi connectivity index (χ1v) is 6.84. The molecule has 2 heteroatoms. The van der Waals surface area contributed by atoms with Crippen LogP contribution in [0.2, 0.25) is 0 Å². The van der Waals surface area contributed by atoms with Crippen LogP contribution < -0.4 is 0 Å². The number of hydrogen-bond donors (Lipinski definition) is 0. The predicted octanol–water partition coefficient (Wildman–Crippen LogP) is 3.62. The summed E-state index contributed by atoms with van der Waals surface area (Å²) in [6, 6.07) is 0. The molecule has 0 aromatic heterocycles. The molecule has 0 saturated heterocycles. The molecule has 0 amide bonds. The normalized spacial score (nSPS) is 13.2. The van der Waals surface area contributed by atoms with Crippen LogP contribution in [0.4, 0.5) is 0 Å². The van der Waals surface area contributed by atoms with Crippen molar-refractivity contribution < 1.29 is 3.07 Å². The Bertz CT molecular complexity index is 96.1. The SMILES string of the molecule is CCCCCCC(CCCC)[O][Sn]. The van der Waals surface area contributed by atoms with E-state index in [1.54, 1.807) is 0 Å². The Hall–Kier alpha value is 0.759. The first kappa shape index (κ1) is 13.8. The van der Waals surface area contributed by atoms with E-state index < -0.39 is 0 Å². The molecule has 0 aliphatic heterocycles. The van der Waals surface area contributed by atoms with Gasteiger partial charge in [-0.1, -0.05) is 0 Å². The molecule has 0 bridgehead atoms. The summed E-state index contributed by atoms with van der Waals surface area (Å²) < 4.78 is 5.52. The monoisotopic (exact) mass is 291 g/mol. The Kier molecular flexibility index (Phi) is 11.5. The first-order chi connectivity index (χ1) is 6.35. The van der Waals surface area contributed by atoms with Gasteiger partial charge in [-0.15, -0.1) is 0 Å². The van der Waals surface area contributed by atoms with Crippen LogP contribution in [0.3, 0.4) is 0 Å². The molecule has 3 radical (unpaired) electrons. The molecule has 13 heavy (non-hydrogen) atoms. The van der Waals surface area contributed by atoms with Crippen LogP contribution in [0.5, 0.6) is 0 Å². The third-order valence-electron chi connectivity index (χ3n) is 2.43. The van der Waals surface area contributed by atoms with Gasteiger partial charge >= 0.3 is 97.3 Å². The fourth-order valence-corrected chi connectivity index (χ4v) is 2.17. The van der Waals surface area contributed by atoms with Crippen molar-refractivity contribution >= 4 is 22.9 Å². The van der Waals surface area contributed by atoms with Crippen LogP contribution >= 0.6 is 0 Å². The van der Waals surface area contributed by atoms with Crippen LogP contribution in [0.15, 0.2) is 0 Å². The van der Waals surface area contributed by atoms with E-state index in [9.17, 15) is 0 Å². The van der Waals surface area contributed by atoms with Gasteiger partial charge in [-0.25, -0.2) is 0 Å². The zero-order valence-corrected chi connectivity index (χ0v) is 12.0. The van der Waals surface area contributed by atoms with Gasteiger partial charge in [-0.2, -0.15) is 0 Å². The Morgan fingerprint density at radius 1 is 0.923 bits per heavy atom. The molecule has 0 aromatic carbocycles. The summed E-state index contributed by atoms with van der Waals surface area (Å²) in [7, 11) is 0. The quantitative estimate of drug-likeness (QED) is 0.465. The fourth-order valence-electron chi connectivity index (χ4n) is 1.49. The van der Waals surface area contributed by atoms with Gasteiger partial charge in [0, 0.05) is 0 Å². The Labute approximate surface area is 97.3 Å². The maximum absolute atomic E-state index is 5.52. The summed E-state index contributed by atoms with van der Waals surface area (Å²) >= 11 is 1.24. The fraction of sp³-hybridized carbons (Fsp3) is 1.00. The van der Waals surface area contributed by atoms with Crippen molar-refractivity contribution in [3.05, 3.63) is 0 Å². The van der Waals surface area contributed by atoms with Crippen molar-refractivity contribution in [3.8, 4) is 0 Å². The van der Waals surface area contributed by atoms with Crippen LogP contribution in [-0.4, -0.2) is 29.0 Å². The van der Waals surface area contributed by atoms with E-state index in [-0.39, 0.29) is 0 Å². The van der Waals surface area contributed by atoms with E-state index in [4.69, 9.17) is 3.07 Å². The van der Waals surface area contributed by atoms with Crippen molar-refractivity contribution in [2.24, 2.45) is 0 Å². The van der Waals surface area contributed by atoms with Crippen LogP contribution in [0.25, 0.3) is 0 Å². The molecule has 1 atom stereocenters. The molecular weight excluding hydrogens is 267 g/mol.